The molecule has 0 aliphatic carbocycles. The lowest BCUT2D eigenvalue weighted by Gasteiger charge is -2.06. The second-order valence-corrected chi connectivity index (χ2v) is 2.48. The fourth-order valence-corrected chi connectivity index (χ4v) is 0.800. The minimum absolute atomic E-state index is 0.0841. The molecule has 0 rings (SSSR count). The molecule has 0 saturated carbocycles. The van der Waals surface area contributed by atoms with Crippen LogP contribution in [0.2, 0.25) is 0 Å². The molecule has 0 unspecified atom stereocenters. The topological polar surface area (TPSA) is 93.5 Å². The number of guanidine groups is 1. The van der Waals surface area contributed by atoms with Gasteiger partial charge in [0.1, 0.15) is 6.29 Å². The molecule has 12 heavy (non-hydrogen) atoms. The summed E-state index contributed by atoms with van der Waals surface area (Å²) in [4.78, 5) is 14.1. The van der Waals surface area contributed by atoms with Crippen LogP contribution >= 0.6 is 0 Å². The zero-order chi connectivity index (χ0) is 9.40. The lowest BCUT2D eigenvalue weighted by Crippen LogP contribution is -2.27. The molecule has 0 aromatic rings. The van der Waals surface area contributed by atoms with Gasteiger partial charge in [0.15, 0.2) is 5.96 Å². The van der Waals surface area contributed by atoms with Gasteiger partial charge in [-0.25, -0.2) is 0 Å². The molecule has 5 nitrogen and oxygen atoms in total. The zero-order valence-electron chi connectivity index (χ0n) is 7.29. The molecule has 1 atom stereocenters. The molecule has 0 fully saturated rings. The first kappa shape index (κ1) is 10.9. The highest BCUT2D eigenvalue weighted by Gasteiger charge is 2.01. The van der Waals surface area contributed by atoms with Crippen LogP contribution in [-0.2, 0) is 4.79 Å². The van der Waals surface area contributed by atoms with Gasteiger partial charge in [0.25, 0.3) is 0 Å². The average molecular weight is 172 g/mol. The molecule has 0 aliphatic rings. The molecule has 0 aromatic carbocycles. The SMILES string of the molecule is CN[C@H](C=O)CCCN=C(N)N. The van der Waals surface area contributed by atoms with Gasteiger partial charge in [0.2, 0.25) is 0 Å². The number of rotatable bonds is 6. The molecule has 0 amide bonds. The normalized spacial score (nSPS) is 12.1. The third kappa shape index (κ3) is 5.67. The predicted molar refractivity (Wildman–Crippen MR) is 48.8 cm³/mol. The van der Waals surface area contributed by atoms with Crippen molar-refractivity contribution in [1.82, 2.24) is 5.32 Å². The molecule has 0 radical (unpaired) electrons. The molecule has 0 saturated heterocycles. The Labute approximate surface area is 72.2 Å². The maximum atomic E-state index is 10.3. The summed E-state index contributed by atoms with van der Waals surface area (Å²) in [5, 5.41) is 2.86. The Hall–Kier alpha value is -1.10. The molecule has 70 valence electrons. The van der Waals surface area contributed by atoms with E-state index in [1.54, 1.807) is 7.05 Å². The van der Waals surface area contributed by atoms with Gasteiger partial charge < -0.3 is 21.6 Å². The van der Waals surface area contributed by atoms with Crippen molar-refractivity contribution in [2.45, 2.75) is 18.9 Å². The highest BCUT2D eigenvalue weighted by molar-refractivity contribution is 5.75. The number of nitrogens with one attached hydrogen (secondary N) is 1. The summed E-state index contributed by atoms with van der Waals surface area (Å²) >= 11 is 0. The van der Waals surface area contributed by atoms with Crippen LogP contribution in [0, 0.1) is 0 Å². The van der Waals surface area contributed by atoms with Gasteiger partial charge >= 0.3 is 0 Å². The number of carbonyl (C=O) groups excluding carboxylic acids is 1. The van der Waals surface area contributed by atoms with Gasteiger partial charge in [-0.3, -0.25) is 4.99 Å². The maximum absolute atomic E-state index is 10.3. The van der Waals surface area contributed by atoms with E-state index in [4.69, 9.17) is 11.5 Å². The van der Waals surface area contributed by atoms with Crippen molar-refractivity contribution in [3.8, 4) is 0 Å². The standard InChI is InChI=1S/C7H16N4O/c1-10-6(5-12)3-2-4-11-7(8)9/h5-6,10H,2-4H2,1H3,(H4,8,9,11)/t6-/m0/s1. The smallest absolute Gasteiger partial charge is 0.185 e. The Kier molecular flexibility index (Phi) is 6.00. The van der Waals surface area contributed by atoms with E-state index in [2.05, 4.69) is 10.3 Å². The highest BCUT2D eigenvalue weighted by Crippen LogP contribution is 1.93. The molecule has 5 heteroatoms. The third-order valence-corrected chi connectivity index (χ3v) is 1.50. The number of aliphatic imine (C=N–C) groups is 1. The van der Waals surface area contributed by atoms with E-state index < -0.39 is 0 Å². The van der Waals surface area contributed by atoms with Crippen molar-refractivity contribution in [2.24, 2.45) is 16.5 Å². The summed E-state index contributed by atoms with van der Waals surface area (Å²) in [6, 6.07) is -0.0841. The number of nitrogens with zero attached hydrogens (tertiary/aromatic N) is 1. The van der Waals surface area contributed by atoms with Crippen LogP contribution in [0.25, 0.3) is 0 Å². The van der Waals surface area contributed by atoms with Crippen LogP contribution in [0.15, 0.2) is 4.99 Å². The first-order valence-corrected chi connectivity index (χ1v) is 3.88. The largest absolute Gasteiger partial charge is 0.370 e. The Morgan fingerprint density at radius 2 is 2.33 bits per heavy atom. The van der Waals surface area contributed by atoms with Gasteiger partial charge in [0, 0.05) is 6.54 Å². The fourth-order valence-electron chi connectivity index (χ4n) is 0.800. The number of carbonyl (C=O) groups is 1. The Morgan fingerprint density at radius 3 is 2.75 bits per heavy atom. The summed E-state index contributed by atoms with van der Waals surface area (Å²) in [5.74, 6) is 0.0992. The second kappa shape index (κ2) is 6.60. The summed E-state index contributed by atoms with van der Waals surface area (Å²) < 4.78 is 0. The van der Waals surface area contributed by atoms with Gasteiger partial charge in [0.05, 0.1) is 6.04 Å². The van der Waals surface area contributed by atoms with E-state index in [-0.39, 0.29) is 12.0 Å². The van der Waals surface area contributed by atoms with Crippen molar-refractivity contribution in [3.05, 3.63) is 0 Å². The average Bonchev–Trinajstić information content (AvgIpc) is 2.04. The van der Waals surface area contributed by atoms with Crippen LogP contribution < -0.4 is 16.8 Å². The van der Waals surface area contributed by atoms with Crippen LogP contribution in [0.5, 0.6) is 0 Å². The summed E-state index contributed by atoms with van der Waals surface area (Å²) in [6.45, 7) is 0.578. The monoisotopic (exact) mass is 172 g/mol. The summed E-state index contributed by atoms with van der Waals surface area (Å²) in [7, 11) is 1.75. The summed E-state index contributed by atoms with van der Waals surface area (Å²) in [6.07, 6.45) is 2.45. The predicted octanol–water partition coefficient (Wildman–Crippen LogP) is -1.17. The van der Waals surface area contributed by atoms with E-state index in [1.165, 1.54) is 0 Å². The van der Waals surface area contributed by atoms with Crippen molar-refractivity contribution in [1.29, 1.82) is 0 Å². The zero-order valence-corrected chi connectivity index (χ0v) is 7.29. The van der Waals surface area contributed by atoms with Gasteiger partial charge in [-0.05, 0) is 19.9 Å². The lowest BCUT2D eigenvalue weighted by molar-refractivity contribution is -0.109. The van der Waals surface area contributed by atoms with E-state index in [0.717, 1.165) is 19.1 Å². The van der Waals surface area contributed by atoms with E-state index in [1.807, 2.05) is 0 Å². The lowest BCUT2D eigenvalue weighted by atomic mass is 10.2. The Balaban J connectivity index is 3.41. The fraction of sp³-hybridized carbons (Fsp3) is 0.714. The van der Waals surface area contributed by atoms with Gasteiger partial charge in [-0.1, -0.05) is 0 Å². The van der Waals surface area contributed by atoms with Gasteiger partial charge in [-0.2, -0.15) is 0 Å². The Morgan fingerprint density at radius 1 is 1.67 bits per heavy atom. The Bertz CT molecular complexity index is 153. The minimum Gasteiger partial charge on any atom is -0.370 e. The van der Waals surface area contributed by atoms with Crippen molar-refractivity contribution in [2.75, 3.05) is 13.6 Å². The number of nitrogens with two attached hydrogens (primary N) is 2. The molecule has 0 heterocycles. The second-order valence-electron chi connectivity index (χ2n) is 2.48. The molecular formula is C7H16N4O. The van der Waals surface area contributed by atoms with E-state index in [9.17, 15) is 4.79 Å². The maximum Gasteiger partial charge on any atom is 0.185 e. The van der Waals surface area contributed by atoms with E-state index in [0.29, 0.717) is 6.54 Å². The molecular weight excluding hydrogens is 156 g/mol. The number of hydrogen-bond donors (Lipinski definition) is 3. The first-order valence-electron chi connectivity index (χ1n) is 3.88. The molecule has 0 spiro atoms. The van der Waals surface area contributed by atoms with Crippen LogP contribution in [-0.4, -0.2) is 31.9 Å². The number of likely N-dealkylation sites (N-methyl/N-ethyl adjacent to an activating group) is 1. The third-order valence-electron chi connectivity index (χ3n) is 1.50. The molecule has 0 aromatic heterocycles. The molecule has 0 aliphatic heterocycles. The minimum atomic E-state index is -0.0841. The molecule has 5 N–H and O–H groups in total. The quantitative estimate of drug-likeness (QED) is 0.203. The molecule has 0 bridgehead atoms. The number of hydrogen-bond acceptors (Lipinski definition) is 3. The van der Waals surface area contributed by atoms with Gasteiger partial charge in [-0.15, -0.1) is 0 Å². The van der Waals surface area contributed by atoms with Crippen molar-refractivity contribution < 1.29 is 4.79 Å². The summed E-state index contributed by atoms with van der Waals surface area (Å²) in [5.41, 5.74) is 10.2. The van der Waals surface area contributed by atoms with Crippen LogP contribution in [0.1, 0.15) is 12.8 Å². The van der Waals surface area contributed by atoms with Crippen molar-refractivity contribution in [3.63, 3.8) is 0 Å². The van der Waals surface area contributed by atoms with Crippen LogP contribution in [0.4, 0.5) is 0 Å². The highest BCUT2D eigenvalue weighted by atomic mass is 16.1. The number of aldehydes is 1. The first-order chi connectivity index (χ1) is 5.70. The van der Waals surface area contributed by atoms with Crippen molar-refractivity contribution >= 4 is 12.2 Å². The van der Waals surface area contributed by atoms with E-state index >= 15 is 0 Å². The van der Waals surface area contributed by atoms with Crippen LogP contribution in [0.3, 0.4) is 0 Å².